The van der Waals surface area contributed by atoms with E-state index in [0.29, 0.717) is 41.5 Å². The quantitative estimate of drug-likeness (QED) is 0.755. The van der Waals surface area contributed by atoms with Crippen molar-refractivity contribution in [3.8, 4) is 5.88 Å². The Balaban J connectivity index is 1.68. The van der Waals surface area contributed by atoms with E-state index in [-0.39, 0.29) is 11.8 Å². The number of halogens is 1. The van der Waals surface area contributed by atoms with Gasteiger partial charge in [0.1, 0.15) is 0 Å². The topological polar surface area (TPSA) is 80.3 Å². The fraction of sp³-hybridized carbons (Fsp3) is 0.235. The number of benzene rings is 1. The molecule has 1 aromatic carbocycles. The van der Waals surface area contributed by atoms with Crippen molar-refractivity contribution in [2.24, 2.45) is 0 Å². The van der Waals surface area contributed by atoms with Crippen molar-refractivity contribution >= 4 is 29.1 Å². The SMILES string of the molecule is COc1ccc(NC(=O)CCCNC(=O)c2ccc(Cl)cc2)cn1. The van der Waals surface area contributed by atoms with E-state index in [1.165, 1.54) is 13.3 Å². The Morgan fingerprint density at radius 3 is 2.54 bits per heavy atom. The number of hydrogen-bond donors (Lipinski definition) is 2. The minimum atomic E-state index is -0.188. The standard InChI is InChI=1S/C17H18ClN3O3/c1-24-16-9-8-14(11-20-16)21-15(22)3-2-10-19-17(23)12-4-6-13(18)7-5-12/h4-9,11H,2-3,10H2,1H3,(H,19,23)(H,21,22). The minimum absolute atomic E-state index is 0.136. The molecule has 0 unspecified atom stereocenters. The Morgan fingerprint density at radius 1 is 1.17 bits per heavy atom. The fourth-order valence-corrected chi connectivity index (χ4v) is 2.08. The van der Waals surface area contributed by atoms with Crippen LogP contribution in [0.1, 0.15) is 23.2 Å². The molecule has 1 heterocycles. The highest BCUT2D eigenvalue weighted by Gasteiger charge is 2.06. The van der Waals surface area contributed by atoms with Crippen molar-refractivity contribution in [1.29, 1.82) is 0 Å². The lowest BCUT2D eigenvalue weighted by atomic mass is 10.2. The molecule has 2 amide bonds. The molecule has 1 aromatic heterocycles. The second kappa shape index (κ2) is 8.88. The molecule has 0 bridgehead atoms. The van der Waals surface area contributed by atoms with E-state index in [0.717, 1.165) is 0 Å². The average Bonchev–Trinajstić information content (AvgIpc) is 2.60. The Labute approximate surface area is 145 Å². The van der Waals surface area contributed by atoms with Gasteiger partial charge in [-0.3, -0.25) is 9.59 Å². The third-order valence-corrected chi connectivity index (χ3v) is 3.45. The molecular formula is C17H18ClN3O3. The summed E-state index contributed by atoms with van der Waals surface area (Å²) in [6.45, 7) is 0.412. The summed E-state index contributed by atoms with van der Waals surface area (Å²) in [7, 11) is 1.53. The van der Waals surface area contributed by atoms with Crippen LogP contribution in [-0.2, 0) is 4.79 Å². The van der Waals surface area contributed by atoms with Crippen LogP contribution in [0.4, 0.5) is 5.69 Å². The van der Waals surface area contributed by atoms with E-state index in [1.54, 1.807) is 36.4 Å². The van der Waals surface area contributed by atoms with Crippen LogP contribution in [0.2, 0.25) is 5.02 Å². The molecule has 0 radical (unpaired) electrons. The van der Waals surface area contributed by atoms with Gasteiger partial charge in [0.15, 0.2) is 0 Å². The molecule has 0 aliphatic carbocycles. The largest absolute Gasteiger partial charge is 0.481 e. The van der Waals surface area contributed by atoms with Gasteiger partial charge in [-0.1, -0.05) is 11.6 Å². The molecule has 7 heteroatoms. The number of methoxy groups -OCH3 is 1. The number of carbonyl (C=O) groups excluding carboxylic acids is 2. The van der Waals surface area contributed by atoms with Gasteiger partial charge in [-0.05, 0) is 36.8 Å². The molecule has 2 aromatic rings. The van der Waals surface area contributed by atoms with Crippen LogP contribution in [0.3, 0.4) is 0 Å². The van der Waals surface area contributed by atoms with E-state index in [2.05, 4.69) is 15.6 Å². The minimum Gasteiger partial charge on any atom is -0.481 e. The van der Waals surface area contributed by atoms with Crippen molar-refractivity contribution < 1.29 is 14.3 Å². The maximum atomic E-state index is 11.9. The number of carbonyl (C=O) groups is 2. The average molecular weight is 348 g/mol. The monoisotopic (exact) mass is 347 g/mol. The van der Waals surface area contributed by atoms with Gasteiger partial charge < -0.3 is 15.4 Å². The lowest BCUT2D eigenvalue weighted by Gasteiger charge is -2.07. The highest BCUT2D eigenvalue weighted by Crippen LogP contribution is 2.11. The Kier molecular flexibility index (Phi) is 6.57. The van der Waals surface area contributed by atoms with Crippen molar-refractivity contribution in [3.05, 3.63) is 53.2 Å². The maximum absolute atomic E-state index is 11.9. The Morgan fingerprint density at radius 2 is 1.92 bits per heavy atom. The van der Waals surface area contributed by atoms with E-state index < -0.39 is 0 Å². The van der Waals surface area contributed by atoms with Crippen LogP contribution < -0.4 is 15.4 Å². The summed E-state index contributed by atoms with van der Waals surface area (Å²) in [6.07, 6.45) is 2.36. The zero-order valence-corrected chi connectivity index (χ0v) is 14.0. The van der Waals surface area contributed by atoms with Gasteiger partial charge in [0.05, 0.1) is 19.0 Å². The second-order valence-corrected chi connectivity index (χ2v) is 5.44. The Bertz CT molecular complexity index is 687. The summed E-state index contributed by atoms with van der Waals surface area (Å²) < 4.78 is 4.95. The molecule has 0 spiro atoms. The smallest absolute Gasteiger partial charge is 0.251 e. The first kappa shape index (κ1) is 17.7. The number of nitrogens with zero attached hydrogens (tertiary/aromatic N) is 1. The van der Waals surface area contributed by atoms with Crippen molar-refractivity contribution in [3.63, 3.8) is 0 Å². The molecule has 0 saturated heterocycles. The number of amides is 2. The predicted molar refractivity (Wildman–Crippen MR) is 92.4 cm³/mol. The molecule has 0 fully saturated rings. The van der Waals surface area contributed by atoms with Gasteiger partial charge in [0, 0.05) is 29.6 Å². The number of anilines is 1. The van der Waals surface area contributed by atoms with Crippen LogP contribution in [0.15, 0.2) is 42.6 Å². The van der Waals surface area contributed by atoms with Crippen molar-refractivity contribution in [2.45, 2.75) is 12.8 Å². The first-order valence-electron chi connectivity index (χ1n) is 7.42. The highest BCUT2D eigenvalue weighted by molar-refractivity contribution is 6.30. The number of pyridine rings is 1. The second-order valence-electron chi connectivity index (χ2n) is 5.00. The normalized spacial score (nSPS) is 10.1. The molecule has 0 saturated carbocycles. The summed E-state index contributed by atoms with van der Waals surface area (Å²) in [5, 5.41) is 6.08. The van der Waals surface area contributed by atoms with E-state index in [4.69, 9.17) is 16.3 Å². The van der Waals surface area contributed by atoms with Crippen LogP contribution in [0.5, 0.6) is 5.88 Å². The number of rotatable bonds is 7. The van der Waals surface area contributed by atoms with Gasteiger partial charge >= 0.3 is 0 Å². The number of hydrogen-bond acceptors (Lipinski definition) is 4. The lowest BCUT2D eigenvalue weighted by molar-refractivity contribution is -0.116. The molecule has 6 nitrogen and oxygen atoms in total. The van der Waals surface area contributed by atoms with Crippen molar-refractivity contribution in [2.75, 3.05) is 19.0 Å². The molecule has 0 aliphatic rings. The highest BCUT2D eigenvalue weighted by atomic mass is 35.5. The summed E-state index contributed by atoms with van der Waals surface area (Å²) in [4.78, 5) is 27.7. The van der Waals surface area contributed by atoms with Gasteiger partial charge in [-0.2, -0.15) is 0 Å². The Hall–Kier alpha value is -2.60. The van der Waals surface area contributed by atoms with Crippen molar-refractivity contribution in [1.82, 2.24) is 10.3 Å². The molecular weight excluding hydrogens is 330 g/mol. The zero-order chi connectivity index (χ0) is 17.4. The van der Waals surface area contributed by atoms with Gasteiger partial charge in [-0.25, -0.2) is 4.98 Å². The third kappa shape index (κ3) is 5.55. The number of ether oxygens (including phenoxy) is 1. The summed E-state index contributed by atoms with van der Waals surface area (Å²) in [5.41, 5.74) is 1.14. The zero-order valence-electron chi connectivity index (χ0n) is 13.2. The van der Waals surface area contributed by atoms with Crippen LogP contribution in [0, 0.1) is 0 Å². The molecule has 126 valence electrons. The summed E-state index contributed by atoms with van der Waals surface area (Å²) in [5.74, 6) is 0.159. The molecule has 2 rings (SSSR count). The van der Waals surface area contributed by atoms with Gasteiger partial charge in [0.2, 0.25) is 11.8 Å². The molecule has 0 aliphatic heterocycles. The van der Waals surface area contributed by atoms with E-state index >= 15 is 0 Å². The van der Waals surface area contributed by atoms with Crippen LogP contribution in [-0.4, -0.2) is 30.5 Å². The number of aromatic nitrogens is 1. The number of nitrogens with one attached hydrogen (secondary N) is 2. The molecule has 24 heavy (non-hydrogen) atoms. The van der Waals surface area contributed by atoms with Gasteiger partial charge in [-0.15, -0.1) is 0 Å². The molecule has 0 atom stereocenters. The van der Waals surface area contributed by atoms with E-state index in [9.17, 15) is 9.59 Å². The lowest BCUT2D eigenvalue weighted by Crippen LogP contribution is -2.25. The third-order valence-electron chi connectivity index (χ3n) is 3.20. The maximum Gasteiger partial charge on any atom is 0.251 e. The first-order chi connectivity index (χ1) is 11.6. The van der Waals surface area contributed by atoms with Crippen LogP contribution >= 0.6 is 11.6 Å². The van der Waals surface area contributed by atoms with Gasteiger partial charge in [0.25, 0.3) is 5.91 Å². The fourth-order valence-electron chi connectivity index (χ4n) is 1.95. The van der Waals surface area contributed by atoms with Crippen LogP contribution in [0.25, 0.3) is 0 Å². The summed E-state index contributed by atoms with van der Waals surface area (Å²) in [6, 6.07) is 10.0. The first-order valence-corrected chi connectivity index (χ1v) is 7.80. The van der Waals surface area contributed by atoms with E-state index in [1.807, 2.05) is 0 Å². The molecule has 2 N–H and O–H groups in total. The summed E-state index contributed by atoms with van der Waals surface area (Å²) >= 11 is 5.77. The predicted octanol–water partition coefficient (Wildman–Crippen LogP) is 2.89.